The Morgan fingerprint density at radius 2 is 1.31 bits per heavy atom. The maximum Gasteiger partial charge on any atom is 0.0886 e. The van der Waals surface area contributed by atoms with Crippen LogP contribution in [0.5, 0.6) is 0 Å². The normalized spacial score (nSPS) is 12.2. The van der Waals surface area contributed by atoms with Gasteiger partial charge in [0, 0.05) is 25.5 Å². The molecule has 3 aromatic rings. The van der Waals surface area contributed by atoms with Crippen molar-refractivity contribution in [3.63, 3.8) is 0 Å². The Morgan fingerprint density at radius 1 is 0.690 bits per heavy atom. The number of rotatable bonds is 5. The molecule has 2 heterocycles. The Labute approximate surface area is 175 Å². The molecule has 3 rings (SSSR count). The fourth-order valence-corrected chi connectivity index (χ4v) is 3.21. The molecule has 0 unspecified atom stereocenters. The Balaban J connectivity index is 1.68. The molecule has 152 valence electrons. The molecule has 0 aliphatic heterocycles. The molecule has 29 heavy (non-hydrogen) atoms. The van der Waals surface area contributed by atoms with E-state index in [0.717, 1.165) is 24.5 Å². The van der Waals surface area contributed by atoms with Gasteiger partial charge < -0.3 is 5.32 Å². The van der Waals surface area contributed by atoms with Crippen LogP contribution in [0.15, 0.2) is 60.9 Å². The average Bonchev–Trinajstić information content (AvgIpc) is 2.68. The van der Waals surface area contributed by atoms with Crippen LogP contribution >= 0.6 is 0 Å². The fraction of sp³-hybridized carbons (Fsp3) is 0.385. The van der Waals surface area contributed by atoms with Crippen molar-refractivity contribution in [2.24, 2.45) is 0 Å². The number of nitrogens with zero attached hydrogens (tertiary/aromatic N) is 2. The Bertz CT molecular complexity index is 898. The summed E-state index contributed by atoms with van der Waals surface area (Å²) in [7, 11) is 0. The second-order valence-electron chi connectivity index (χ2n) is 9.79. The quantitative estimate of drug-likeness (QED) is 0.581. The maximum absolute atomic E-state index is 4.56. The molecular formula is C26H33N3. The third-order valence-corrected chi connectivity index (χ3v) is 5.14. The van der Waals surface area contributed by atoms with Crippen LogP contribution in [0.4, 0.5) is 0 Å². The number of benzene rings is 1. The van der Waals surface area contributed by atoms with E-state index < -0.39 is 0 Å². The number of hydrogen-bond acceptors (Lipinski definition) is 3. The summed E-state index contributed by atoms with van der Waals surface area (Å²) in [4.78, 5) is 8.92. The van der Waals surface area contributed by atoms with E-state index in [1.54, 1.807) is 6.20 Å². The second-order valence-corrected chi connectivity index (χ2v) is 9.79. The van der Waals surface area contributed by atoms with E-state index in [0.29, 0.717) is 0 Å². The molecule has 1 N–H and O–H groups in total. The molecule has 0 atom stereocenters. The molecule has 0 saturated carbocycles. The second kappa shape index (κ2) is 8.46. The lowest BCUT2D eigenvalue weighted by molar-refractivity contribution is 0.564. The summed E-state index contributed by atoms with van der Waals surface area (Å²) in [6.07, 6.45) is 3.73. The van der Waals surface area contributed by atoms with Crippen molar-refractivity contribution < 1.29 is 0 Å². The van der Waals surface area contributed by atoms with Gasteiger partial charge in [-0.2, -0.15) is 0 Å². The topological polar surface area (TPSA) is 37.8 Å². The first-order valence-electron chi connectivity index (χ1n) is 10.3. The predicted molar refractivity (Wildman–Crippen MR) is 122 cm³/mol. The summed E-state index contributed by atoms with van der Waals surface area (Å²) in [6, 6.07) is 17.1. The lowest BCUT2D eigenvalue weighted by Crippen LogP contribution is -2.19. The Morgan fingerprint density at radius 3 is 1.83 bits per heavy atom. The van der Waals surface area contributed by atoms with Crippen LogP contribution < -0.4 is 5.32 Å². The van der Waals surface area contributed by atoms with Crippen LogP contribution in [0.1, 0.15) is 63.8 Å². The molecule has 3 heteroatoms. The van der Waals surface area contributed by atoms with E-state index in [-0.39, 0.29) is 10.8 Å². The van der Waals surface area contributed by atoms with E-state index in [9.17, 15) is 0 Å². The van der Waals surface area contributed by atoms with E-state index in [1.165, 1.54) is 22.3 Å². The zero-order chi connectivity index (χ0) is 21.1. The minimum atomic E-state index is 0.140. The van der Waals surface area contributed by atoms with Gasteiger partial charge in [0.25, 0.3) is 0 Å². The number of pyridine rings is 2. The monoisotopic (exact) mass is 387 g/mol. The zero-order valence-electron chi connectivity index (χ0n) is 18.6. The summed E-state index contributed by atoms with van der Waals surface area (Å²) in [5.74, 6) is 0. The van der Waals surface area contributed by atoms with Gasteiger partial charge in [-0.3, -0.25) is 9.97 Å². The third kappa shape index (κ3) is 5.74. The standard InChI is InChI=1S/C26H33N3/c1-25(2,3)21-13-20(14-22(15-21)26(4,5)6)17-27-16-19-10-11-24(29-18-19)23-9-7-8-12-28-23/h7-15,18,27H,16-17H2,1-6H3. The molecule has 0 fully saturated rings. The molecule has 2 aromatic heterocycles. The molecule has 3 nitrogen and oxygen atoms in total. The van der Waals surface area contributed by atoms with Gasteiger partial charge in [-0.05, 0) is 51.3 Å². The molecule has 0 spiro atoms. The zero-order valence-corrected chi connectivity index (χ0v) is 18.6. The highest BCUT2D eigenvalue weighted by Crippen LogP contribution is 2.30. The van der Waals surface area contributed by atoms with Gasteiger partial charge in [0.1, 0.15) is 0 Å². The summed E-state index contributed by atoms with van der Waals surface area (Å²) in [6.45, 7) is 15.3. The van der Waals surface area contributed by atoms with Crippen molar-refractivity contribution in [3.8, 4) is 11.4 Å². The van der Waals surface area contributed by atoms with Crippen LogP contribution in [-0.4, -0.2) is 9.97 Å². The lowest BCUT2D eigenvalue weighted by atomic mass is 9.79. The molecular weight excluding hydrogens is 354 g/mol. The van der Waals surface area contributed by atoms with E-state index in [4.69, 9.17) is 0 Å². The first-order valence-corrected chi connectivity index (χ1v) is 10.3. The summed E-state index contributed by atoms with van der Waals surface area (Å²) >= 11 is 0. The lowest BCUT2D eigenvalue weighted by Gasteiger charge is -2.26. The minimum Gasteiger partial charge on any atom is -0.309 e. The first-order chi connectivity index (χ1) is 13.6. The van der Waals surface area contributed by atoms with Crippen molar-refractivity contribution >= 4 is 0 Å². The summed E-state index contributed by atoms with van der Waals surface area (Å²) in [5.41, 5.74) is 7.38. The van der Waals surface area contributed by atoms with Crippen LogP contribution in [-0.2, 0) is 23.9 Å². The van der Waals surface area contributed by atoms with Crippen molar-refractivity contribution in [2.45, 2.75) is 65.5 Å². The SMILES string of the molecule is CC(C)(C)c1cc(CNCc2ccc(-c3ccccn3)nc2)cc(C(C)(C)C)c1. The molecule has 1 aromatic carbocycles. The molecule has 0 amide bonds. The molecule has 0 aliphatic carbocycles. The highest BCUT2D eigenvalue weighted by Gasteiger charge is 2.20. The average molecular weight is 388 g/mol. The van der Waals surface area contributed by atoms with Crippen molar-refractivity contribution in [1.29, 1.82) is 0 Å². The Kier molecular flexibility index (Phi) is 6.18. The van der Waals surface area contributed by atoms with Gasteiger partial charge in [-0.1, -0.05) is 71.9 Å². The van der Waals surface area contributed by atoms with Gasteiger partial charge in [-0.25, -0.2) is 0 Å². The van der Waals surface area contributed by atoms with Gasteiger partial charge in [0.05, 0.1) is 11.4 Å². The van der Waals surface area contributed by atoms with Crippen LogP contribution in [0.25, 0.3) is 11.4 Å². The van der Waals surface area contributed by atoms with E-state index in [2.05, 4.69) is 81.1 Å². The number of aromatic nitrogens is 2. The smallest absolute Gasteiger partial charge is 0.0886 e. The fourth-order valence-electron chi connectivity index (χ4n) is 3.21. The maximum atomic E-state index is 4.56. The third-order valence-electron chi connectivity index (χ3n) is 5.14. The predicted octanol–water partition coefficient (Wildman–Crippen LogP) is 6.03. The van der Waals surface area contributed by atoms with Crippen LogP contribution in [0, 0.1) is 0 Å². The van der Waals surface area contributed by atoms with Crippen molar-refractivity contribution in [3.05, 3.63) is 83.2 Å². The van der Waals surface area contributed by atoms with Gasteiger partial charge in [0.2, 0.25) is 0 Å². The van der Waals surface area contributed by atoms with Crippen LogP contribution in [0.2, 0.25) is 0 Å². The first kappa shape index (κ1) is 21.2. The van der Waals surface area contributed by atoms with E-state index >= 15 is 0 Å². The molecule has 0 saturated heterocycles. The van der Waals surface area contributed by atoms with E-state index in [1.807, 2.05) is 30.5 Å². The number of nitrogens with one attached hydrogen (secondary N) is 1. The van der Waals surface area contributed by atoms with Gasteiger partial charge >= 0.3 is 0 Å². The van der Waals surface area contributed by atoms with Gasteiger partial charge in [0.15, 0.2) is 0 Å². The summed E-state index contributed by atoms with van der Waals surface area (Å²) < 4.78 is 0. The Hall–Kier alpha value is -2.52. The number of hydrogen-bond donors (Lipinski definition) is 1. The van der Waals surface area contributed by atoms with Crippen molar-refractivity contribution in [2.75, 3.05) is 0 Å². The molecule has 0 radical (unpaired) electrons. The molecule has 0 bridgehead atoms. The van der Waals surface area contributed by atoms with Gasteiger partial charge in [-0.15, -0.1) is 0 Å². The largest absolute Gasteiger partial charge is 0.309 e. The highest BCUT2D eigenvalue weighted by atomic mass is 14.9. The summed E-state index contributed by atoms with van der Waals surface area (Å²) in [5, 5.41) is 3.58. The minimum absolute atomic E-state index is 0.140. The highest BCUT2D eigenvalue weighted by molar-refractivity contribution is 5.53. The molecule has 0 aliphatic rings. The van der Waals surface area contributed by atoms with Crippen molar-refractivity contribution in [1.82, 2.24) is 15.3 Å². The van der Waals surface area contributed by atoms with Crippen LogP contribution in [0.3, 0.4) is 0 Å².